The average Bonchev–Trinajstić information content (AvgIpc) is 3.38. The van der Waals surface area contributed by atoms with E-state index in [1.165, 1.54) is 11.1 Å². The first-order valence-electron chi connectivity index (χ1n) is 12.1. The van der Waals surface area contributed by atoms with Gasteiger partial charge < -0.3 is 14.2 Å². The SMILES string of the molecule is COc1cccc(C2=NN(C(=O)CN3CCc4ccccc4C3)C(c3ccc(OC)cc3OC)C2)c1. The third-order valence-corrected chi connectivity index (χ3v) is 6.94. The largest absolute Gasteiger partial charge is 0.497 e. The number of carbonyl (C=O) groups excluding carboxylic acids is 1. The fourth-order valence-corrected chi connectivity index (χ4v) is 5.01. The summed E-state index contributed by atoms with van der Waals surface area (Å²) < 4.78 is 16.5. The molecule has 186 valence electrons. The molecule has 1 unspecified atom stereocenters. The second-order valence-electron chi connectivity index (χ2n) is 9.07. The fourth-order valence-electron chi connectivity index (χ4n) is 5.01. The Balaban J connectivity index is 1.45. The smallest absolute Gasteiger partial charge is 0.257 e. The van der Waals surface area contributed by atoms with Crippen molar-refractivity contribution in [1.82, 2.24) is 9.91 Å². The van der Waals surface area contributed by atoms with Crippen LogP contribution in [0.2, 0.25) is 0 Å². The number of methoxy groups -OCH3 is 3. The average molecular weight is 486 g/mol. The highest BCUT2D eigenvalue weighted by molar-refractivity contribution is 6.03. The predicted molar refractivity (Wildman–Crippen MR) is 139 cm³/mol. The number of nitrogens with zero attached hydrogens (tertiary/aromatic N) is 3. The van der Waals surface area contributed by atoms with Crippen molar-refractivity contribution >= 4 is 11.6 Å². The van der Waals surface area contributed by atoms with E-state index in [4.69, 9.17) is 19.3 Å². The van der Waals surface area contributed by atoms with Crippen molar-refractivity contribution in [2.24, 2.45) is 5.10 Å². The Labute approximate surface area is 211 Å². The number of hydrazone groups is 1. The first-order valence-corrected chi connectivity index (χ1v) is 12.1. The zero-order valence-corrected chi connectivity index (χ0v) is 20.9. The lowest BCUT2D eigenvalue weighted by molar-refractivity contribution is -0.134. The molecule has 1 atom stereocenters. The van der Waals surface area contributed by atoms with E-state index in [1.54, 1.807) is 26.3 Å². The van der Waals surface area contributed by atoms with E-state index in [1.807, 2.05) is 42.5 Å². The summed E-state index contributed by atoms with van der Waals surface area (Å²) in [5.74, 6) is 2.10. The van der Waals surface area contributed by atoms with Gasteiger partial charge in [0.25, 0.3) is 5.91 Å². The molecule has 0 aliphatic carbocycles. The van der Waals surface area contributed by atoms with Crippen LogP contribution in [0.4, 0.5) is 0 Å². The van der Waals surface area contributed by atoms with Crippen molar-refractivity contribution in [3.8, 4) is 17.2 Å². The second-order valence-corrected chi connectivity index (χ2v) is 9.07. The predicted octanol–water partition coefficient (Wildman–Crippen LogP) is 4.45. The van der Waals surface area contributed by atoms with Gasteiger partial charge in [0.1, 0.15) is 17.2 Å². The Kier molecular flexibility index (Phi) is 6.91. The van der Waals surface area contributed by atoms with E-state index in [0.717, 1.165) is 42.1 Å². The minimum absolute atomic E-state index is 0.0323. The van der Waals surface area contributed by atoms with Crippen molar-refractivity contribution in [3.05, 3.63) is 89.0 Å². The number of hydrogen-bond acceptors (Lipinski definition) is 6. The van der Waals surface area contributed by atoms with Gasteiger partial charge in [0.05, 0.1) is 39.6 Å². The molecule has 2 aliphatic rings. The molecule has 2 heterocycles. The highest BCUT2D eigenvalue weighted by Crippen LogP contribution is 2.39. The number of ether oxygens (including phenoxy) is 3. The maximum Gasteiger partial charge on any atom is 0.257 e. The van der Waals surface area contributed by atoms with E-state index in [2.05, 4.69) is 29.2 Å². The minimum atomic E-state index is -0.281. The maximum absolute atomic E-state index is 13.7. The van der Waals surface area contributed by atoms with E-state index in [0.29, 0.717) is 24.5 Å². The summed E-state index contributed by atoms with van der Waals surface area (Å²) in [4.78, 5) is 15.9. The Bertz CT molecular complexity index is 1290. The van der Waals surface area contributed by atoms with Crippen molar-refractivity contribution in [1.29, 1.82) is 0 Å². The zero-order chi connectivity index (χ0) is 25.1. The molecule has 0 bridgehead atoms. The summed E-state index contributed by atoms with van der Waals surface area (Å²) in [6.45, 7) is 1.91. The summed E-state index contributed by atoms with van der Waals surface area (Å²) in [5, 5.41) is 6.49. The van der Waals surface area contributed by atoms with Crippen LogP contribution in [0.25, 0.3) is 0 Å². The van der Waals surface area contributed by atoms with Crippen molar-refractivity contribution < 1.29 is 19.0 Å². The van der Waals surface area contributed by atoms with E-state index < -0.39 is 0 Å². The van der Waals surface area contributed by atoms with Gasteiger partial charge in [-0.1, -0.05) is 36.4 Å². The van der Waals surface area contributed by atoms with Crippen molar-refractivity contribution in [2.45, 2.75) is 25.4 Å². The number of carbonyl (C=O) groups is 1. The molecule has 0 saturated heterocycles. The maximum atomic E-state index is 13.7. The monoisotopic (exact) mass is 485 g/mol. The first-order chi connectivity index (χ1) is 17.6. The first kappa shape index (κ1) is 23.9. The molecule has 7 nitrogen and oxygen atoms in total. The summed E-state index contributed by atoms with van der Waals surface area (Å²) in [5.41, 5.74) is 5.33. The topological polar surface area (TPSA) is 63.6 Å². The highest BCUT2D eigenvalue weighted by Gasteiger charge is 2.36. The van der Waals surface area contributed by atoms with Gasteiger partial charge in [-0.25, -0.2) is 5.01 Å². The number of benzene rings is 3. The minimum Gasteiger partial charge on any atom is -0.497 e. The lowest BCUT2D eigenvalue weighted by atomic mass is 9.97. The fraction of sp³-hybridized carbons (Fsp3) is 0.310. The molecule has 1 amide bonds. The summed E-state index contributed by atoms with van der Waals surface area (Å²) in [7, 11) is 4.90. The van der Waals surface area contributed by atoms with Crippen LogP contribution in [0.3, 0.4) is 0 Å². The Hall–Kier alpha value is -3.84. The molecular weight excluding hydrogens is 454 g/mol. The molecule has 3 aromatic rings. The molecule has 3 aromatic carbocycles. The third kappa shape index (κ3) is 4.79. The normalized spacial score (nSPS) is 17.4. The Morgan fingerprint density at radius 3 is 2.47 bits per heavy atom. The van der Waals surface area contributed by atoms with Crippen LogP contribution in [0.1, 0.15) is 34.7 Å². The molecule has 0 fully saturated rings. The standard InChI is InChI=1S/C29H31N3O4/c1-34-23-10-6-9-21(15-23)26-17-27(25-12-11-24(35-2)16-28(25)36-3)32(30-26)29(33)19-31-14-13-20-7-4-5-8-22(20)18-31/h4-12,15-16,27H,13-14,17-19H2,1-3H3. The third-order valence-electron chi connectivity index (χ3n) is 6.94. The molecule has 0 spiro atoms. The van der Waals surface area contributed by atoms with Crippen LogP contribution in [0.5, 0.6) is 17.2 Å². The highest BCUT2D eigenvalue weighted by atomic mass is 16.5. The molecule has 5 rings (SSSR count). The van der Waals surface area contributed by atoms with Crippen LogP contribution in [-0.2, 0) is 17.8 Å². The van der Waals surface area contributed by atoms with Gasteiger partial charge in [-0.2, -0.15) is 5.10 Å². The van der Waals surface area contributed by atoms with Crippen LogP contribution < -0.4 is 14.2 Å². The van der Waals surface area contributed by atoms with Gasteiger partial charge in [0, 0.05) is 36.7 Å². The van der Waals surface area contributed by atoms with Crippen LogP contribution in [-0.4, -0.2) is 55.9 Å². The van der Waals surface area contributed by atoms with Crippen molar-refractivity contribution in [3.63, 3.8) is 0 Å². The second kappa shape index (κ2) is 10.4. The zero-order valence-electron chi connectivity index (χ0n) is 20.9. The molecule has 0 aromatic heterocycles. The summed E-state index contributed by atoms with van der Waals surface area (Å²) in [6, 6.07) is 21.7. The van der Waals surface area contributed by atoms with Gasteiger partial charge in [-0.3, -0.25) is 9.69 Å². The van der Waals surface area contributed by atoms with Gasteiger partial charge >= 0.3 is 0 Å². The van der Waals surface area contributed by atoms with Gasteiger partial charge in [-0.15, -0.1) is 0 Å². The Morgan fingerprint density at radius 1 is 0.917 bits per heavy atom. The molecule has 0 saturated carbocycles. The quantitative estimate of drug-likeness (QED) is 0.495. The number of hydrogen-bond donors (Lipinski definition) is 0. The number of amides is 1. The van der Waals surface area contributed by atoms with Crippen LogP contribution >= 0.6 is 0 Å². The number of fused-ring (bicyclic) bond motifs is 1. The molecule has 7 heteroatoms. The van der Waals surface area contributed by atoms with Crippen molar-refractivity contribution in [2.75, 3.05) is 34.4 Å². The lowest BCUT2D eigenvalue weighted by Crippen LogP contribution is -2.40. The molecule has 2 aliphatic heterocycles. The van der Waals surface area contributed by atoms with Gasteiger partial charge in [0.15, 0.2) is 0 Å². The van der Waals surface area contributed by atoms with E-state index in [-0.39, 0.29) is 11.9 Å². The van der Waals surface area contributed by atoms with Gasteiger partial charge in [0.2, 0.25) is 0 Å². The van der Waals surface area contributed by atoms with E-state index >= 15 is 0 Å². The van der Waals surface area contributed by atoms with Gasteiger partial charge in [-0.05, 0) is 41.8 Å². The molecule has 0 radical (unpaired) electrons. The molecular formula is C29H31N3O4. The Morgan fingerprint density at radius 2 is 1.69 bits per heavy atom. The van der Waals surface area contributed by atoms with E-state index in [9.17, 15) is 4.79 Å². The number of rotatable bonds is 7. The molecule has 0 N–H and O–H groups in total. The molecule has 36 heavy (non-hydrogen) atoms. The summed E-state index contributed by atoms with van der Waals surface area (Å²) >= 11 is 0. The lowest BCUT2D eigenvalue weighted by Gasteiger charge is -2.30. The summed E-state index contributed by atoms with van der Waals surface area (Å²) in [6.07, 6.45) is 1.52. The van der Waals surface area contributed by atoms with Crippen LogP contribution in [0, 0.1) is 0 Å². The van der Waals surface area contributed by atoms with Crippen LogP contribution in [0.15, 0.2) is 71.8 Å².